The summed E-state index contributed by atoms with van der Waals surface area (Å²) in [5, 5.41) is 0.257. The predicted octanol–water partition coefficient (Wildman–Crippen LogP) is 3.78. The van der Waals surface area contributed by atoms with Crippen LogP contribution in [0.3, 0.4) is 0 Å². The third kappa shape index (κ3) is 4.22. The van der Waals surface area contributed by atoms with Crippen molar-refractivity contribution in [2.75, 3.05) is 6.61 Å². The molecular formula is C22H20ClNO5. The SMILES string of the molecule is CC(C)C[C@H](C(=O)OCC(=O)c1ccccc1Cl)N1C(=O)c2ccccc2C1=O. The molecule has 0 radical (unpaired) electrons. The highest BCUT2D eigenvalue weighted by atomic mass is 35.5. The van der Waals surface area contributed by atoms with Gasteiger partial charge in [0.2, 0.25) is 5.78 Å². The Balaban J connectivity index is 1.78. The Morgan fingerprint density at radius 2 is 1.52 bits per heavy atom. The van der Waals surface area contributed by atoms with Gasteiger partial charge in [-0.05, 0) is 36.6 Å². The van der Waals surface area contributed by atoms with Gasteiger partial charge in [0.05, 0.1) is 16.1 Å². The van der Waals surface area contributed by atoms with Crippen LogP contribution in [-0.2, 0) is 9.53 Å². The molecule has 0 aromatic heterocycles. The van der Waals surface area contributed by atoms with Crippen molar-refractivity contribution in [2.45, 2.75) is 26.3 Å². The lowest BCUT2D eigenvalue weighted by Gasteiger charge is -2.25. The molecule has 0 N–H and O–H groups in total. The Bertz CT molecular complexity index is 950. The third-order valence-corrected chi connectivity index (χ3v) is 4.95. The number of esters is 1. The van der Waals surface area contributed by atoms with Crippen LogP contribution in [0.2, 0.25) is 5.02 Å². The predicted molar refractivity (Wildman–Crippen MR) is 107 cm³/mol. The summed E-state index contributed by atoms with van der Waals surface area (Å²) >= 11 is 6.00. The van der Waals surface area contributed by atoms with Gasteiger partial charge in [-0.2, -0.15) is 0 Å². The first-order chi connectivity index (χ1) is 13.8. The van der Waals surface area contributed by atoms with Crippen LogP contribution >= 0.6 is 11.6 Å². The first-order valence-electron chi connectivity index (χ1n) is 9.22. The molecule has 0 saturated heterocycles. The molecule has 1 aliphatic heterocycles. The summed E-state index contributed by atoms with van der Waals surface area (Å²) in [6.07, 6.45) is 0.227. The van der Waals surface area contributed by atoms with Crippen molar-refractivity contribution in [2.24, 2.45) is 5.92 Å². The lowest BCUT2D eigenvalue weighted by atomic mass is 10.0. The topological polar surface area (TPSA) is 80.8 Å². The molecule has 150 valence electrons. The normalized spacial score (nSPS) is 14.1. The Labute approximate surface area is 173 Å². The number of imide groups is 1. The highest BCUT2D eigenvalue weighted by molar-refractivity contribution is 6.34. The molecule has 2 aromatic carbocycles. The molecule has 0 saturated carbocycles. The highest BCUT2D eigenvalue weighted by Gasteiger charge is 2.43. The number of carbonyl (C=O) groups excluding carboxylic acids is 4. The van der Waals surface area contributed by atoms with E-state index in [-0.39, 0.29) is 34.1 Å². The smallest absolute Gasteiger partial charge is 0.329 e. The Kier molecular flexibility index (Phi) is 6.13. The summed E-state index contributed by atoms with van der Waals surface area (Å²) in [6, 6.07) is 11.7. The minimum Gasteiger partial charge on any atom is -0.456 e. The molecular weight excluding hydrogens is 394 g/mol. The molecule has 2 amide bonds. The van der Waals surface area contributed by atoms with Crippen LogP contribution in [0, 0.1) is 5.92 Å². The van der Waals surface area contributed by atoms with Crippen LogP contribution in [0.15, 0.2) is 48.5 Å². The van der Waals surface area contributed by atoms with Crippen molar-refractivity contribution in [3.05, 3.63) is 70.2 Å². The maximum atomic E-state index is 12.8. The summed E-state index contributed by atoms with van der Waals surface area (Å²) in [5.74, 6) is -2.32. The van der Waals surface area contributed by atoms with Crippen LogP contribution in [0.5, 0.6) is 0 Å². The number of benzene rings is 2. The van der Waals surface area contributed by atoms with E-state index in [9.17, 15) is 19.2 Å². The lowest BCUT2D eigenvalue weighted by molar-refractivity contribution is -0.147. The third-order valence-electron chi connectivity index (χ3n) is 4.62. The van der Waals surface area contributed by atoms with E-state index < -0.39 is 36.2 Å². The van der Waals surface area contributed by atoms with Crippen molar-refractivity contribution >= 4 is 35.2 Å². The maximum Gasteiger partial charge on any atom is 0.329 e. The number of hydrogen-bond donors (Lipinski definition) is 0. The molecule has 7 heteroatoms. The summed E-state index contributed by atoms with van der Waals surface area (Å²) in [7, 11) is 0. The van der Waals surface area contributed by atoms with E-state index in [1.807, 2.05) is 13.8 Å². The van der Waals surface area contributed by atoms with E-state index in [4.69, 9.17) is 16.3 Å². The number of nitrogens with zero attached hydrogens (tertiary/aromatic N) is 1. The number of rotatable bonds is 7. The van der Waals surface area contributed by atoms with E-state index in [0.717, 1.165) is 4.90 Å². The molecule has 1 atom stereocenters. The van der Waals surface area contributed by atoms with Gasteiger partial charge < -0.3 is 4.74 Å². The molecule has 1 heterocycles. The van der Waals surface area contributed by atoms with Gasteiger partial charge in [-0.1, -0.05) is 49.7 Å². The van der Waals surface area contributed by atoms with Gasteiger partial charge in [-0.15, -0.1) is 0 Å². The fourth-order valence-corrected chi connectivity index (χ4v) is 3.48. The van der Waals surface area contributed by atoms with Gasteiger partial charge >= 0.3 is 5.97 Å². The van der Waals surface area contributed by atoms with Crippen LogP contribution < -0.4 is 0 Å². The quantitative estimate of drug-likeness (QED) is 0.392. The van der Waals surface area contributed by atoms with Crippen molar-refractivity contribution in [3.63, 3.8) is 0 Å². The Morgan fingerprint density at radius 3 is 2.07 bits per heavy atom. The number of ether oxygens (including phenoxy) is 1. The van der Waals surface area contributed by atoms with Crippen LogP contribution in [0.25, 0.3) is 0 Å². The molecule has 0 fully saturated rings. The minimum atomic E-state index is -1.11. The summed E-state index contributed by atoms with van der Waals surface area (Å²) in [5.41, 5.74) is 0.750. The number of amides is 2. The summed E-state index contributed by atoms with van der Waals surface area (Å²) < 4.78 is 5.19. The molecule has 0 spiro atoms. The zero-order valence-electron chi connectivity index (χ0n) is 16.1. The second kappa shape index (κ2) is 8.57. The molecule has 0 aliphatic carbocycles. The van der Waals surface area contributed by atoms with Gasteiger partial charge in [0.15, 0.2) is 6.61 Å². The van der Waals surface area contributed by atoms with E-state index in [1.165, 1.54) is 6.07 Å². The first-order valence-corrected chi connectivity index (χ1v) is 9.60. The second-order valence-electron chi connectivity index (χ2n) is 7.18. The average Bonchev–Trinajstić information content (AvgIpc) is 2.95. The monoisotopic (exact) mass is 413 g/mol. The van der Waals surface area contributed by atoms with Gasteiger partial charge in [0.25, 0.3) is 11.8 Å². The summed E-state index contributed by atoms with van der Waals surface area (Å²) in [4.78, 5) is 51.6. The zero-order chi connectivity index (χ0) is 21.1. The second-order valence-corrected chi connectivity index (χ2v) is 7.59. The van der Waals surface area contributed by atoms with E-state index in [0.29, 0.717) is 0 Å². The first kappa shape index (κ1) is 20.7. The van der Waals surface area contributed by atoms with E-state index in [2.05, 4.69) is 0 Å². The molecule has 0 bridgehead atoms. The van der Waals surface area contributed by atoms with Crippen molar-refractivity contribution < 1.29 is 23.9 Å². The van der Waals surface area contributed by atoms with Crippen LogP contribution in [0.1, 0.15) is 51.3 Å². The number of carbonyl (C=O) groups is 4. The van der Waals surface area contributed by atoms with Crippen LogP contribution in [0.4, 0.5) is 0 Å². The van der Waals surface area contributed by atoms with Crippen molar-refractivity contribution in [1.82, 2.24) is 4.90 Å². The molecule has 6 nitrogen and oxygen atoms in total. The standard InChI is InChI=1S/C22H20ClNO5/c1-13(2)11-18(24-20(26)14-7-3-4-8-15(14)21(24)27)22(28)29-12-19(25)16-9-5-6-10-17(16)23/h3-10,13,18H,11-12H2,1-2H3/t18-/m1/s1. The van der Waals surface area contributed by atoms with Crippen molar-refractivity contribution in [1.29, 1.82) is 0 Å². The number of halogens is 1. The van der Waals surface area contributed by atoms with Crippen LogP contribution in [-0.4, -0.2) is 41.1 Å². The number of fused-ring (bicyclic) bond motifs is 1. The van der Waals surface area contributed by atoms with Gasteiger partial charge in [0.1, 0.15) is 6.04 Å². The summed E-state index contributed by atoms with van der Waals surface area (Å²) in [6.45, 7) is 3.21. The number of ketones is 1. The fraction of sp³-hybridized carbons (Fsp3) is 0.273. The van der Waals surface area contributed by atoms with Gasteiger partial charge in [0, 0.05) is 5.56 Å². The van der Waals surface area contributed by atoms with Gasteiger partial charge in [-0.3, -0.25) is 19.3 Å². The number of hydrogen-bond acceptors (Lipinski definition) is 5. The average molecular weight is 414 g/mol. The maximum absolute atomic E-state index is 12.8. The van der Waals surface area contributed by atoms with Gasteiger partial charge in [-0.25, -0.2) is 4.79 Å². The largest absolute Gasteiger partial charge is 0.456 e. The van der Waals surface area contributed by atoms with Crippen molar-refractivity contribution in [3.8, 4) is 0 Å². The zero-order valence-corrected chi connectivity index (χ0v) is 16.8. The Hall–Kier alpha value is -2.99. The van der Waals surface area contributed by atoms with E-state index in [1.54, 1.807) is 42.5 Å². The lowest BCUT2D eigenvalue weighted by Crippen LogP contribution is -2.46. The fourth-order valence-electron chi connectivity index (χ4n) is 3.24. The Morgan fingerprint density at radius 1 is 0.966 bits per heavy atom. The number of Topliss-reactive ketones (excluding diaryl/α,β-unsaturated/α-hetero) is 1. The molecule has 29 heavy (non-hydrogen) atoms. The highest BCUT2D eigenvalue weighted by Crippen LogP contribution is 2.27. The van der Waals surface area contributed by atoms with E-state index >= 15 is 0 Å². The molecule has 1 aliphatic rings. The molecule has 2 aromatic rings. The molecule has 3 rings (SSSR count). The minimum absolute atomic E-state index is 0.0103. The molecule has 0 unspecified atom stereocenters.